The number of hydrogen-bond donors (Lipinski definition) is 1. The summed E-state index contributed by atoms with van der Waals surface area (Å²) in [6.07, 6.45) is -7.60. The molecule has 5 rings (SSSR count). The van der Waals surface area contributed by atoms with Crippen LogP contribution < -0.4 is 5.32 Å². The quantitative estimate of drug-likeness (QED) is 0.255. The van der Waals surface area contributed by atoms with Gasteiger partial charge in [0.05, 0.1) is 23.1 Å². The molecule has 0 fully saturated rings. The molecule has 3 heterocycles. The van der Waals surface area contributed by atoms with Crippen molar-refractivity contribution in [3.8, 4) is 16.9 Å². The molecule has 0 saturated carbocycles. The van der Waals surface area contributed by atoms with Gasteiger partial charge in [-0.3, -0.25) is 0 Å². The van der Waals surface area contributed by atoms with Crippen LogP contribution in [0, 0.1) is 6.92 Å². The molecule has 5 aromatic rings. The van der Waals surface area contributed by atoms with Gasteiger partial charge in [-0.05, 0) is 36.8 Å². The number of halogens is 6. The summed E-state index contributed by atoms with van der Waals surface area (Å²) in [5.74, 6) is 0.342. The number of aromatic nitrogens is 5. The highest BCUT2D eigenvalue weighted by molar-refractivity contribution is 5.92. The van der Waals surface area contributed by atoms with Crippen molar-refractivity contribution in [3.05, 3.63) is 89.5 Å². The molecule has 0 amide bonds. The minimum absolute atomic E-state index is 0.0791. The highest BCUT2D eigenvalue weighted by Crippen LogP contribution is 2.39. The number of nitrogens with one attached hydrogen (secondary N) is 1. The molecule has 38 heavy (non-hydrogen) atoms. The Balaban J connectivity index is 1.43. The highest BCUT2D eigenvalue weighted by Gasteiger charge is 2.35. The molecule has 0 aliphatic carbocycles. The number of rotatable bonds is 5. The first kappa shape index (κ1) is 25.3. The third-order valence-corrected chi connectivity index (χ3v) is 6.03. The monoisotopic (exact) mass is 530 g/mol. The number of alkyl halides is 6. The summed E-state index contributed by atoms with van der Waals surface area (Å²) in [5, 5.41) is 6.78. The van der Waals surface area contributed by atoms with Gasteiger partial charge in [0.1, 0.15) is 17.0 Å². The predicted molar refractivity (Wildman–Crippen MR) is 130 cm³/mol. The van der Waals surface area contributed by atoms with Crippen molar-refractivity contribution in [1.82, 2.24) is 24.3 Å². The second kappa shape index (κ2) is 9.19. The van der Waals surface area contributed by atoms with Crippen LogP contribution in [0.3, 0.4) is 0 Å². The fraction of sp³-hybridized carbons (Fsp3) is 0.192. The van der Waals surface area contributed by atoms with Crippen LogP contribution >= 0.6 is 0 Å². The maximum absolute atomic E-state index is 13.7. The lowest BCUT2D eigenvalue weighted by atomic mass is 10.0. The van der Waals surface area contributed by atoms with E-state index in [9.17, 15) is 26.3 Å². The van der Waals surface area contributed by atoms with Gasteiger partial charge in [0.25, 0.3) is 0 Å². The van der Waals surface area contributed by atoms with E-state index in [0.29, 0.717) is 28.2 Å². The van der Waals surface area contributed by atoms with Crippen molar-refractivity contribution in [2.24, 2.45) is 7.05 Å². The Kier molecular flexibility index (Phi) is 6.12. The molecular formula is C26H20F6N6. The van der Waals surface area contributed by atoms with Gasteiger partial charge in [0.15, 0.2) is 5.69 Å². The summed E-state index contributed by atoms with van der Waals surface area (Å²) in [5.41, 5.74) is 0.749. The van der Waals surface area contributed by atoms with Gasteiger partial charge in [-0.2, -0.15) is 31.4 Å². The Morgan fingerprint density at radius 1 is 0.895 bits per heavy atom. The van der Waals surface area contributed by atoms with Crippen LogP contribution in [0.2, 0.25) is 0 Å². The summed E-state index contributed by atoms with van der Waals surface area (Å²) in [7, 11) is 1.73. The van der Waals surface area contributed by atoms with Crippen molar-refractivity contribution in [2.45, 2.75) is 25.8 Å². The molecule has 0 spiro atoms. The Morgan fingerprint density at radius 2 is 1.61 bits per heavy atom. The molecule has 0 saturated heterocycles. The number of hydrogen-bond acceptors (Lipinski definition) is 4. The fourth-order valence-electron chi connectivity index (χ4n) is 4.16. The fourth-order valence-corrected chi connectivity index (χ4v) is 4.16. The van der Waals surface area contributed by atoms with Gasteiger partial charge in [-0.25, -0.2) is 14.6 Å². The summed E-state index contributed by atoms with van der Waals surface area (Å²) >= 11 is 0. The summed E-state index contributed by atoms with van der Waals surface area (Å²) < 4.78 is 83.0. The van der Waals surface area contributed by atoms with Gasteiger partial charge in [-0.15, -0.1) is 0 Å². The third-order valence-electron chi connectivity index (χ3n) is 6.03. The maximum Gasteiger partial charge on any atom is 0.435 e. The van der Waals surface area contributed by atoms with Crippen molar-refractivity contribution < 1.29 is 26.3 Å². The van der Waals surface area contributed by atoms with E-state index in [1.807, 2.05) is 0 Å². The number of pyridine rings is 1. The van der Waals surface area contributed by atoms with Crippen LogP contribution in [0.4, 0.5) is 32.2 Å². The second-order valence-corrected chi connectivity index (χ2v) is 8.72. The highest BCUT2D eigenvalue weighted by atomic mass is 19.4. The van der Waals surface area contributed by atoms with Crippen molar-refractivity contribution in [3.63, 3.8) is 0 Å². The van der Waals surface area contributed by atoms with E-state index in [4.69, 9.17) is 0 Å². The molecule has 2 aromatic carbocycles. The first-order chi connectivity index (χ1) is 17.9. The Labute approximate surface area is 212 Å². The van der Waals surface area contributed by atoms with Crippen LogP contribution in [0.1, 0.15) is 22.5 Å². The minimum atomic E-state index is -4.57. The van der Waals surface area contributed by atoms with Gasteiger partial charge in [0, 0.05) is 30.9 Å². The molecule has 12 heteroatoms. The lowest BCUT2D eigenvalue weighted by Gasteiger charge is -2.14. The number of fused-ring (bicyclic) bond motifs is 1. The first-order valence-corrected chi connectivity index (χ1v) is 11.4. The maximum atomic E-state index is 13.7. The van der Waals surface area contributed by atoms with Crippen molar-refractivity contribution in [1.29, 1.82) is 0 Å². The van der Waals surface area contributed by atoms with Crippen molar-refractivity contribution >= 4 is 16.9 Å². The third kappa shape index (κ3) is 4.81. The summed E-state index contributed by atoms with van der Waals surface area (Å²) in [4.78, 5) is 8.73. The number of nitrogens with zero attached hydrogens (tertiary/aromatic N) is 5. The minimum Gasteiger partial charge on any atom is -0.366 e. The van der Waals surface area contributed by atoms with E-state index in [2.05, 4.69) is 20.4 Å². The van der Waals surface area contributed by atoms with Gasteiger partial charge < -0.3 is 9.88 Å². The van der Waals surface area contributed by atoms with E-state index in [1.165, 1.54) is 36.1 Å². The Bertz CT molecular complexity index is 1610. The molecule has 1 N–H and O–H groups in total. The Hall–Kier alpha value is -4.35. The molecule has 0 radical (unpaired) electrons. The zero-order valence-electron chi connectivity index (χ0n) is 20.1. The SMILES string of the molecule is Cc1cc(C(F)(F)F)nn1-c1ccc(CNc2cc3c(ncn3C)c(-c3ccccc3C(F)(F)F)n2)cc1. The molecule has 3 aromatic heterocycles. The zero-order chi connectivity index (χ0) is 27.2. The molecule has 0 bridgehead atoms. The van der Waals surface area contributed by atoms with Crippen molar-refractivity contribution in [2.75, 3.05) is 5.32 Å². The lowest BCUT2D eigenvalue weighted by Crippen LogP contribution is -2.09. The molecule has 6 nitrogen and oxygen atoms in total. The number of imidazole rings is 1. The van der Waals surface area contributed by atoms with E-state index in [1.54, 1.807) is 41.9 Å². The summed E-state index contributed by atoms with van der Waals surface area (Å²) in [6, 6.07) is 14.6. The molecule has 0 aliphatic rings. The van der Waals surface area contributed by atoms with Crippen LogP contribution in [0.15, 0.2) is 67.0 Å². The van der Waals surface area contributed by atoms with E-state index in [0.717, 1.165) is 17.7 Å². The smallest absolute Gasteiger partial charge is 0.366 e. The average Bonchev–Trinajstić information content (AvgIpc) is 3.45. The van der Waals surface area contributed by atoms with E-state index >= 15 is 0 Å². The largest absolute Gasteiger partial charge is 0.435 e. The zero-order valence-corrected chi connectivity index (χ0v) is 20.1. The van der Waals surface area contributed by atoms with E-state index < -0.39 is 23.6 Å². The standard InChI is InChI=1S/C26H20F6N6/c1-15-11-21(26(30,31)32)36-38(15)17-9-7-16(8-10-17)13-33-22-12-20-24(34-14-37(20)2)23(35-22)18-5-3-4-6-19(18)25(27,28)29/h3-12,14H,13H2,1-2H3,(H,33,35). The van der Waals surface area contributed by atoms with Crippen LogP contribution in [-0.4, -0.2) is 24.3 Å². The molecule has 0 unspecified atom stereocenters. The molecular weight excluding hydrogens is 510 g/mol. The second-order valence-electron chi connectivity index (χ2n) is 8.72. The van der Waals surface area contributed by atoms with Crippen LogP contribution in [0.25, 0.3) is 28.0 Å². The van der Waals surface area contributed by atoms with E-state index in [-0.39, 0.29) is 17.8 Å². The lowest BCUT2D eigenvalue weighted by molar-refractivity contribution is -0.141. The number of benzene rings is 2. The van der Waals surface area contributed by atoms with Crippen LogP contribution in [0.5, 0.6) is 0 Å². The van der Waals surface area contributed by atoms with Gasteiger partial charge in [0.2, 0.25) is 0 Å². The number of anilines is 1. The van der Waals surface area contributed by atoms with Gasteiger partial charge in [-0.1, -0.05) is 30.3 Å². The summed E-state index contributed by atoms with van der Waals surface area (Å²) in [6.45, 7) is 1.80. The molecule has 196 valence electrons. The topological polar surface area (TPSA) is 60.6 Å². The average molecular weight is 530 g/mol. The predicted octanol–water partition coefficient (Wildman–Crippen LogP) is 6.78. The number of aryl methyl sites for hydroxylation is 2. The normalized spacial score (nSPS) is 12.3. The Morgan fingerprint density at radius 3 is 2.26 bits per heavy atom. The van der Waals surface area contributed by atoms with Gasteiger partial charge >= 0.3 is 12.4 Å². The molecule has 0 atom stereocenters. The first-order valence-electron chi connectivity index (χ1n) is 11.4. The molecule has 0 aliphatic heterocycles. The van der Waals surface area contributed by atoms with Crippen LogP contribution in [-0.2, 0) is 25.9 Å².